The zero-order chi connectivity index (χ0) is 12.0. The largest absolute Gasteiger partial charge is 0.342 e. The number of hydrogen-bond donors (Lipinski definition) is 0. The maximum absolute atomic E-state index is 5.85. The second kappa shape index (κ2) is 6.74. The van der Waals surface area contributed by atoms with Crippen LogP contribution in [0.4, 0.5) is 0 Å². The van der Waals surface area contributed by atoms with Crippen LogP contribution in [0.3, 0.4) is 0 Å². The van der Waals surface area contributed by atoms with Crippen molar-refractivity contribution in [3.8, 4) is 0 Å². The van der Waals surface area contributed by atoms with Gasteiger partial charge in [0.05, 0.1) is 10.2 Å². The number of nitrogens with zero attached hydrogens (tertiary/aromatic N) is 1. The monoisotopic (exact) mass is 245 g/mol. The zero-order valence-electron chi connectivity index (χ0n) is 11.3. The number of hydrogen-bond acceptors (Lipinski definition) is 3. The molecule has 0 spiro atoms. The molecule has 0 aliphatic heterocycles. The summed E-state index contributed by atoms with van der Waals surface area (Å²) in [7, 11) is 3.05. The molecule has 0 bridgehead atoms. The van der Waals surface area contributed by atoms with Crippen LogP contribution in [0.5, 0.6) is 0 Å². The number of rotatable bonds is 6. The van der Waals surface area contributed by atoms with Gasteiger partial charge in [-0.25, -0.2) is 0 Å². The molecule has 16 heavy (non-hydrogen) atoms. The van der Waals surface area contributed by atoms with E-state index in [1.807, 2.05) is 13.8 Å². The summed E-state index contributed by atoms with van der Waals surface area (Å²) in [5.74, 6) is 0. The van der Waals surface area contributed by atoms with Crippen molar-refractivity contribution in [1.29, 1.82) is 0 Å². The minimum atomic E-state index is -0.411. The summed E-state index contributed by atoms with van der Waals surface area (Å²) in [6, 6.07) is 0.643. The average Bonchev–Trinajstić information content (AvgIpc) is 2.30. The van der Waals surface area contributed by atoms with Crippen molar-refractivity contribution in [2.75, 3.05) is 20.3 Å². The molecule has 1 aliphatic carbocycles. The predicted octanol–water partition coefficient (Wildman–Crippen LogP) is 1.30. The van der Waals surface area contributed by atoms with Crippen LogP contribution in [0.2, 0.25) is 0 Å². The van der Waals surface area contributed by atoms with Crippen LogP contribution >= 0.6 is 0 Å². The second-order valence-corrected chi connectivity index (χ2v) is 5.93. The van der Waals surface area contributed by atoms with Crippen molar-refractivity contribution < 1.29 is 9.47 Å². The van der Waals surface area contributed by atoms with E-state index < -0.39 is 5.53 Å². The molecule has 0 aromatic heterocycles. The maximum atomic E-state index is 5.85. The molecule has 0 atom stereocenters. The average molecular weight is 245 g/mol. The minimum Gasteiger partial charge on any atom is -0.342 e. The molecule has 0 aromatic carbocycles. The Kier molecular flexibility index (Phi) is 5.96. The van der Waals surface area contributed by atoms with E-state index in [4.69, 9.17) is 9.47 Å². The third kappa shape index (κ3) is 3.55. The van der Waals surface area contributed by atoms with E-state index in [0.29, 0.717) is 6.04 Å². The lowest BCUT2D eigenvalue weighted by molar-refractivity contribution is -0.262. The molecule has 0 heterocycles. The smallest absolute Gasteiger partial charge is 0.196 e. The Bertz CT molecular complexity index is 189. The van der Waals surface area contributed by atoms with Gasteiger partial charge in [0.1, 0.15) is 0 Å². The highest BCUT2D eigenvalue weighted by Gasteiger charge is 2.35. The van der Waals surface area contributed by atoms with Crippen molar-refractivity contribution >= 4 is 10.2 Å². The first-order chi connectivity index (χ1) is 7.64. The molecular formula is C12H27NO2Si. The van der Waals surface area contributed by atoms with E-state index in [1.165, 1.54) is 32.1 Å². The van der Waals surface area contributed by atoms with Gasteiger partial charge in [-0.2, -0.15) is 0 Å². The molecule has 0 radical (unpaired) electrons. The summed E-state index contributed by atoms with van der Waals surface area (Å²) >= 11 is 0. The van der Waals surface area contributed by atoms with Crippen LogP contribution in [0.25, 0.3) is 0 Å². The molecule has 0 saturated heterocycles. The molecule has 1 aliphatic rings. The van der Waals surface area contributed by atoms with Gasteiger partial charge in [0.2, 0.25) is 0 Å². The van der Waals surface area contributed by atoms with Crippen LogP contribution in [-0.2, 0) is 9.47 Å². The summed E-state index contributed by atoms with van der Waals surface area (Å²) < 4.78 is 11.7. The first-order valence-corrected chi connectivity index (χ1v) is 7.65. The van der Waals surface area contributed by atoms with Crippen molar-refractivity contribution in [3.63, 3.8) is 0 Å². The van der Waals surface area contributed by atoms with Crippen LogP contribution < -0.4 is 0 Å². The predicted molar refractivity (Wildman–Crippen MR) is 70.6 cm³/mol. The highest BCUT2D eigenvalue weighted by molar-refractivity contribution is 6.13. The maximum Gasteiger partial charge on any atom is 0.196 e. The van der Waals surface area contributed by atoms with Gasteiger partial charge < -0.3 is 9.47 Å². The molecule has 0 N–H and O–H groups in total. The molecule has 0 aromatic rings. The van der Waals surface area contributed by atoms with Crippen molar-refractivity contribution in [1.82, 2.24) is 4.90 Å². The molecule has 1 saturated carbocycles. The molecule has 3 nitrogen and oxygen atoms in total. The zero-order valence-corrected chi connectivity index (χ0v) is 13.3. The third-order valence-corrected chi connectivity index (χ3v) is 4.87. The molecule has 1 fully saturated rings. The van der Waals surface area contributed by atoms with Gasteiger partial charge in [-0.15, -0.1) is 0 Å². The van der Waals surface area contributed by atoms with E-state index in [1.54, 1.807) is 0 Å². The summed E-state index contributed by atoms with van der Waals surface area (Å²) in [6.07, 6.45) is 6.68. The van der Waals surface area contributed by atoms with Crippen LogP contribution in [-0.4, -0.2) is 47.0 Å². The van der Waals surface area contributed by atoms with E-state index >= 15 is 0 Å². The second-order valence-electron chi connectivity index (χ2n) is 4.67. The fraction of sp³-hybridized carbons (Fsp3) is 1.00. The Balaban J connectivity index is 2.60. The standard InChI is InChI=1S/C12H27NO2Si/c1-4-14-12(16,15-5-2)13(3)11-9-7-6-8-10-11/h11H,4-10H2,1-3,16H3. The summed E-state index contributed by atoms with van der Waals surface area (Å²) in [4.78, 5) is 2.34. The van der Waals surface area contributed by atoms with Crippen molar-refractivity contribution in [3.05, 3.63) is 0 Å². The van der Waals surface area contributed by atoms with Gasteiger partial charge in [0.15, 0.2) is 5.53 Å². The summed E-state index contributed by atoms with van der Waals surface area (Å²) in [5, 5.41) is 0. The first-order valence-electron chi connectivity index (χ1n) is 6.65. The fourth-order valence-corrected chi connectivity index (χ4v) is 3.52. The van der Waals surface area contributed by atoms with Crippen LogP contribution in [0.1, 0.15) is 46.0 Å². The fourth-order valence-electron chi connectivity index (χ4n) is 2.58. The number of ether oxygens (including phenoxy) is 2. The van der Waals surface area contributed by atoms with E-state index in [-0.39, 0.29) is 0 Å². The van der Waals surface area contributed by atoms with Gasteiger partial charge in [0.25, 0.3) is 0 Å². The third-order valence-electron chi connectivity index (χ3n) is 3.59. The lowest BCUT2D eigenvalue weighted by Gasteiger charge is -2.44. The van der Waals surface area contributed by atoms with Gasteiger partial charge in [0, 0.05) is 19.3 Å². The lowest BCUT2D eigenvalue weighted by atomic mass is 9.95. The highest BCUT2D eigenvalue weighted by atomic mass is 28.1. The van der Waals surface area contributed by atoms with E-state index in [2.05, 4.69) is 11.9 Å². The Morgan fingerprint density at radius 1 is 1.12 bits per heavy atom. The molecular weight excluding hydrogens is 218 g/mol. The van der Waals surface area contributed by atoms with Crippen LogP contribution in [0, 0.1) is 0 Å². The molecule has 0 unspecified atom stereocenters. The van der Waals surface area contributed by atoms with Gasteiger partial charge in [-0.05, 0) is 33.7 Å². The molecule has 0 amide bonds. The normalized spacial score (nSPS) is 19.5. The van der Waals surface area contributed by atoms with E-state index in [0.717, 1.165) is 23.5 Å². The van der Waals surface area contributed by atoms with Crippen molar-refractivity contribution in [2.45, 2.75) is 57.5 Å². The first kappa shape index (κ1) is 14.2. The SMILES string of the molecule is CCOC([SiH3])(OCC)N(C)C1CCCCC1. The summed E-state index contributed by atoms with van der Waals surface area (Å²) in [6.45, 7) is 5.53. The topological polar surface area (TPSA) is 21.7 Å². The Labute approximate surface area is 103 Å². The van der Waals surface area contributed by atoms with E-state index in [9.17, 15) is 0 Å². The minimum absolute atomic E-state index is 0.411. The quantitative estimate of drug-likeness (QED) is 0.520. The Morgan fingerprint density at radius 3 is 2.06 bits per heavy atom. The molecule has 1 rings (SSSR count). The molecule has 4 heteroatoms. The Morgan fingerprint density at radius 2 is 1.62 bits per heavy atom. The highest BCUT2D eigenvalue weighted by Crippen LogP contribution is 2.27. The van der Waals surface area contributed by atoms with Crippen LogP contribution in [0.15, 0.2) is 0 Å². The van der Waals surface area contributed by atoms with Crippen molar-refractivity contribution in [2.24, 2.45) is 0 Å². The van der Waals surface area contributed by atoms with Gasteiger partial charge in [-0.3, -0.25) is 4.90 Å². The van der Waals surface area contributed by atoms with Gasteiger partial charge >= 0.3 is 0 Å². The van der Waals surface area contributed by atoms with Gasteiger partial charge in [-0.1, -0.05) is 19.3 Å². The molecule has 96 valence electrons. The summed E-state index contributed by atoms with van der Waals surface area (Å²) in [5.41, 5.74) is -0.411. The lowest BCUT2D eigenvalue weighted by Crippen LogP contribution is -2.56. The Hall–Kier alpha value is 0.0969.